The summed E-state index contributed by atoms with van der Waals surface area (Å²) in [6, 6.07) is 8.15. The molecule has 0 saturated heterocycles. The van der Waals surface area contributed by atoms with Gasteiger partial charge in [-0.1, -0.05) is 19.9 Å². The van der Waals surface area contributed by atoms with Crippen molar-refractivity contribution in [1.82, 2.24) is 0 Å². The molecule has 0 amide bonds. The van der Waals surface area contributed by atoms with E-state index in [2.05, 4.69) is 26.0 Å². The summed E-state index contributed by atoms with van der Waals surface area (Å²) in [5.41, 5.74) is 9.31. The summed E-state index contributed by atoms with van der Waals surface area (Å²) in [4.78, 5) is 0. The van der Waals surface area contributed by atoms with Crippen molar-refractivity contribution in [2.45, 2.75) is 51.0 Å². The van der Waals surface area contributed by atoms with Gasteiger partial charge < -0.3 is 10.5 Å². The van der Waals surface area contributed by atoms with E-state index < -0.39 is 0 Å². The standard InChI is InChI=1S/C17H24N2O/c1-13(2)16-5-4-14(11-18)10-15(16)6-9-20-12-17(19)7-3-8-17/h4-5,10,13H,3,6-9,12,19H2,1-2H3. The van der Waals surface area contributed by atoms with Crippen LogP contribution in [0.3, 0.4) is 0 Å². The van der Waals surface area contributed by atoms with Crippen LogP contribution in [0.25, 0.3) is 0 Å². The molecule has 2 N–H and O–H groups in total. The van der Waals surface area contributed by atoms with Crippen molar-refractivity contribution in [3.8, 4) is 6.07 Å². The van der Waals surface area contributed by atoms with Gasteiger partial charge in [-0.2, -0.15) is 5.26 Å². The van der Waals surface area contributed by atoms with Crippen LogP contribution in [0.4, 0.5) is 0 Å². The molecule has 1 aliphatic rings. The van der Waals surface area contributed by atoms with Gasteiger partial charge in [0.25, 0.3) is 0 Å². The predicted octanol–water partition coefficient (Wildman–Crippen LogP) is 3.12. The molecule has 0 atom stereocenters. The van der Waals surface area contributed by atoms with Crippen LogP contribution in [0.15, 0.2) is 18.2 Å². The van der Waals surface area contributed by atoms with E-state index >= 15 is 0 Å². The van der Waals surface area contributed by atoms with Crippen LogP contribution in [0.1, 0.15) is 55.7 Å². The second-order valence-electron chi connectivity index (χ2n) is 6.20. The molecule has 1 aromatic carbocycles. The van der Waals surface area contributed by atoms with Crippen LogP contribution in [0, 0.1) is 11.3 Å². The lowest BCUT2D eigenvalue weighted by molar-refractivity contribution is 0.0516. The zero-order chi connectivity index (χ0) is 14.6. The second kappa shape index (κ2) is 6.39. The molecular formula is C17H24N2O. The Morgan fingerprint density at radius 2 is 2.15 bits per heavy atom. The van der Waals surface area contributed by atoms with Crippen LogP contribution in [0.5, 0.6) is 0 Å². The minimum atomic E-state index is -0.0740. The smallest absolute Gasteiger partial charge is 0.0991 e. The fraction of sp³-hybridized carbons (Fsp3) is 0.588. The van der Waals surface area contributed by atoms with Crippen molar-refractivity contribution in [2.24, 2.45) is 5.73 Å². The Hall–Kier alpha value is -1.37. The Balaban J connectivity index is 1.92. The second-order valence-corrected chi connectivity index (χ2v) is 6.20. The first kappa shape index (κ1) is 15.0. The molecule has 1 aliphatic carbocycles. The van der Waals surface area contributed by atoms with Crippen LogP contribution >= 0.6 is 0 Å². The van der Waals surface area contributed by atoms with Crippen LogP contribution in [0.2, 0.25) is 0 Å². The van der Waals surface area contributed by atoms with Gasteiger partial charge in [0.1, 0.15) is 0 Å². The topological polar surface area (TPSA) is 59.0 Å². The molecule has 0 unspecified atom stereocenters. The number of rotatable bonds is 6. The van der Waals surface area contributed by atoms with Gasteiger partial charge in [0.15, 0.2) is 0 Å². The van der Waals surface area contributed by atoms with E-state index in [9.17, 15) is 0 Å². The fourth-order valence-corrected chi connectivity index (χ4v) is 2.69. The summed E-state index contributed by atoms with van der Waals surface area (Å²) >= 11 is 0. The van der Waals surface area contributed by atoms with Crippen LogP contribution in [-0.2, 0) is 11.2 Å². The summed E-state index contributed by atoms with van der Waals surface area (Å²) in [5.74, 6) is 0.463. The Kier molecular flexibility index (Phi) is 4.80. The van der Waals surface area contributed by atoms with E-state index in [1.54, 1.807) is 0 Å². The molecule has 1 aromatic rings. The van der Waals surface area contributed by atoms with Gasteiger partial charge in [-0.05, 0) is 54.9 Å². The van der Waals surface area contributed by atoms with Gasteiger partial charge in [-0.3, -0.25) is 0 Å². The van der Waals surface area contributed by atoms with E-state index in [1.165, 1.54) is 17.5 Å². The molecule has 0 aromatic heterocycles. The number of nitrogens with two attached hydrogens (primary N) is 1. The Labute approximate surface area is 121 Å². The molecule has 0 spiro atoms. The first-order chi connectivity index (χ1) is 9.54. The molecule has 0 radical (unpaired) electrons. The first-order valence-corrected chi connectivity index (χ1v) is 7.44. The number of nitrogens with zero attached hydrogens (tertiary/aromatic N) is 1. The summed E-state index contributed by atoms with van der Waals surface area (Å²) in [6.45, 7) is 5.68. The van der Waals surface area contributed by atoms with E-state index in [-0.39, 0.29) is 5.54 Å². The highest BCUT2D eigenvalue weighted by Gasteiger charge is 2.32. The van der Waals surface area contributed by atoms with Crippen molar-refractivity contribution in [2.75, 3.05) is 13.2 Å². The molecule has 3 nitrogen and oxygen atoms in total. The third kappa shape index (κ3) is 3.59. The average molecular weight is 272 g/mol. The van der Waals surface area contributed by atoms with Crippen molar-refractivity contribution in [3.63, 3.8) is 0 Å². The number of hydrogen-bond donors (Lipinski definition) is 1. The highest BCUT2D eigenvalue weighted by atomic mass is 16.5. The maximum Gasteiger partial charge on any atom is 0.0991 e. The monoisotopic (exact) mass is 272 g/mol. The van der Waals surface area contributed by atoms with Gasteiger partial charge >= 0.3 is 0 Å². The molecular weight excluding hydrogens is 248 g/mol. The third-order valence-electron chi connectivity index (χ3n) is 4.15. The molecule has 0 bridgehead atoms. The Morgan fingerprint density at radius 1 is 1.40 bits per heavy atom. The number of nitriles is 1. The van der Waals surface area contributed by atoms with E-state index in [0.29, 0.717) is 19.1 Å². The summed E-state index contributed by atoms with van der Waals surface area (Å²) in [5, 5.41) is 9.01. The molecule has 1 fully saturated rings. The van der Waals surface area contributed by atoms with Gasteiger partial charge in [0.2, 0.25) is 0 Å². The van der Waals surface area contributed by atoms with E-state index in [0.717, 1.165) is 24.8 Å². The van der Waals surface area contributed by atoms with Crippen LogP contribution < -0.4 is 5.73 Å². The molecule has 20 heavy (non-hydrogen) atoms. The maximum absolute atomic E-state index is 9.01. The molecule has 108 valence electrons. The highest BCUT2D eigenvalue weighted by molar-refractivity contribution is 5.39. The zero-order valence-corrected chi connectivity index (χ0v) is 12.5. The quantitative estimate of drug-likeness (QED) is 0.809. The fourth-order valence-electron chi connectivity index (χ4n) is 2.69. The molecule has 0 heterocycles. The predicted molar refractivity (Wildman–Crippen MR) is 80.5 cm³/mol. The van der Waals surface area contributed by atoms with Crippen LogP contribution in [-0.4, -0.2) is 18.8 Å². The maximum atomic E-state index is 9.01. The minimum Gasteiger partial charge on any atom is -0.379 e. The lowest BCUT2D eigenvalue weighted by atomic mass is 9.78. The lowest BCUT2D eigenvalue weighted by Crippen LogP contribution is -2.50. The molecule has 0 aliphatic heterocycles. The van der Waals surface area contributed by atoms with Gasteiger partial charge in [-0.25, -0.2) is 0 Å². The zero-order valence-electron chi connectivity index (χ0n) is 12.5. The van der Waals surface area contributed by atoms with E-state index in [1.807, 2.05) is 12.1 Å². The number of benzene rings is 1. The largest absolute Gasteiger partial charge is 0.379 e. The minimum absolute atomic E-state index is 0.0740. The molecule has 2 rings (SSSR count). The van der Waals surface area contributed by atoms with Crippen molar-refractivity contribution in [3.05, 3.63) is 34.9 Å². The van der Waals surface area contributed by atoms with Gasteiger partial charge in [0, 0.05) is 5.54 Å². The third-order valence-corrected chi connectivity index (χ3v) is 4.15. The van der Waals surface area contributed by atoms with Crippen molar-refractivity contribution >= 4 is 0 Å². The number of hydrogen-bond acceptors (Lipinski definition) is 3. The average Bonchev–Trinajstić information content (AvgIpc) is 2.41. The highest BCUT2D eigenvalue weighted by Crippen LogP contribution is 2.29. The van der Waals surface area contributed by atoms with Crippen molar-refractivity contribution < 1.29 is 4.74 Å². The summed E-state index contributed by atoms with van der Waals surface area (Å²) in [7, 11) is 0. The molecule has 1 saturated carbocycles. The Bertz CT molecular complexity index is 498. The molecule has 3 heteroatoms. The first-order valence-electron chi connectivity index (χ1n) is 7.44. The van der Waals surface area contributed by atoms with E-state index in [4.69, 9.17) is 15.7 Å². The normalized spacial score (nSPS) is 16.8. The Morgan fingerprint density at radius 3 is 2.70 bits per heavy atom. The van der Waals surface area contributed by atoms with Crippen molar-refractivity contribution in [1.29, 1.82) is 5.26 Å². The van der Waals surface area contributed by atoms with Gasteiger partial charge in [-0.15, -0.1) is 0 Å². The lowest BCUT2D eigenvalue weighted by Gasteiger charge is -2.37. The van der Waals surface area contributed by atoms with Gasteiger partial charge in [0.05, 0.1) is 24.8 Å². The number of ether oxygens (including phenoxy) is 1. The SMILES string of the molecule is CC(C)c1ccc(C#N)cc1CCOCC1(N)CCC1. The summed E-state index contributed by atoms with van der Waals surface area (Å²) in [6.07, 6.45) is 4.23. The summed E-state index contributed by atoms with van der Waals surface area (Å²) < 4.78 is 5.74.